The summed E-state index contributed by atoms with van der Waals surface area (Å²) in [5.74, 6) is 1.28. The fourth-order valence-electron chi connectivity index (χ4n) is 3.58. The number of nitrogens with zero attached hydrogens (tertiary/aromatic N) is 2. The normalized spacial score (nSPS) is 16.5. The van der Waals surface area contributed by atoms with Crippen LogP contribution in [0.2, 0.25) is 0 Å². The number of amides is 2. The van der Waals surface area contributed by atoms with E-state index in [9.17, 15) is 9.59 Å². The molecule has 1 heterocycles. The molecule has 30 heavy (non-hydrogen) atoms. The maximum atomic E-state index is 13.0. The molecule has 2 amide bonds. The first-order valence-electron chi connectivity index (χ1n) is 10.0. The minimum Gasteiger partial charge on any atom is -0.457 e. The van der Waals surface area contributed by atoms with Crippen LogP contribution in [0.25, 0.3) is 0 Å². The van der Waals surface area contributed by atoms with Crippen molar-refractivity contribution in [2.75, 3.05) is 18.0 Å². The zero-order valence-corrected chi connectivity index (χ0v) is 17.1. The van der Waals surface area contributed by atoms with Crippen LogP contribution in [0.15, 0.2) is 78.9 Å². The van der Waals surface area contributed by atoms with Gasteiger partial charge in [-0.05, 0) is 62.4 Å². The summed E-state index contributed by atoms with van der Waals surface area (Å²) in [5, 5.41) is 0. The number of carbonyl (C=O) groups is 2. The van der Waals surface area contributed by atoms with Crippen molar-refractivity contribution in [3.05, 3.63) is 90.0 Å². The number of ether oxygens (including phenoxy) is 1. The van der Waals surface area contributed by atoms with Crippen LogP contribution < -0.4 is 9.64 Å². The van der Waals surface area contributed by atoms with Crippen LogP contribution in [0.4, 0.5) is 5.69 Å². The van der Waals surface area contributed by atoms with Crippen molar-refractivity contribution in [3.63, 3.8) is 0 Å². The minimum absolute atomic E-state index is 0.0848. The molecule has 0 bridgehead atoms. The van der Waals surface area contributed by atoms with Crippen LogP contribution in [-0.4, -0.2) is 35.8 Å². The summed E-state index contributed by atoms with van der Waals surface area (Å²) in [5.41, 5.74) is 2.51. The monoisotopic (exact) mass is 400 g/mol. The molecule has 0 aromatic heterocycles. The van der Waals surface area contributed by atoms with Gasteiger partial charge in [0.05, 0.1) is 0 Å². The molecule has 0 spiro atoms. The van der Waals surface area contributed by atoms with Gasteiger partial charge in [0.15, 0.2) is 0 Å². The second kappa shape index (κ2) is 8.41. The Bertz CT molecular complexity index is 1030. The first kappa shape index (κ1) is 19.7. The van der Waals surface area contributed by atoms with E-state index in [0.717, 1.165) is 17.0 Å². The van der Waals surface area contributed by atoms with Crippen LogP contribution in [0.5, 0.6) is 11.5 Å². The second-order valence-electron chi connectivity index (χ2n) is 7.44. The number of piperazine rings is 1. The molecule has 1 saturated heterocycles. The van der Waals surface area contributed by atoms with Crippen molar-refractivity contribution < 1.29 is 14.3 Å². The molecular weight excluding hydrogens is 376 g/mol. The van der Waals surface area contributed by atoms with Crippen LogP contribution in [-0.2, 0) is 4.79 Å². The molecule has 3 aromatic rings. The van der Waals surface area contributed by atoms with E-state index in [1.54, 1.807) is 16.7 Å². The quantitative estimate of drug-likeness (QED) is 0.640. The number of para-hydroxylation sites is 1. The summed E-state index contributed by atoms with van der Waals surface area (Å²) in [6, 6.07) is 23.9. The van der Waals surface area contributed by atoms with Crippen LogP contribution in [0.1, 0.15) is 22.8 Å². The lowest BCUT2D eigenvalue weighted by molar-refractivity contribution is -0.124. The molecule has 0 radical (unpaired) electrons. The SMILES string of the molecule is Cc1ccc(C(=O)N2CCN(c3ccc(Oc4ccccc4)cc3)C(=O)C2C)cc1. The fraction of sp³-hybridized carbons (Fsp3) is 0.200. The van der Waals surface area contributed by atoms with Gasteiger partial charge in [0.1, 0.15) is 17.5 Å². The van der Waals surface area contributed by atoms with Gasteiger partial charge in [-0.1, -0.05) is 35.9 Å². The van der Waals surface area contributed by atoms with Gasteiger partial charge < -0.3 is 14.5 Å². The molecule has 5 heteroatoms. The molecule has 0 aliphatic carbocycles. The summed E-state index contributed by atoms with van der Waals surface area (Å²) in [7, 11) is 0. The Balaban J connectivity index is 1.45. The van der Waals surface area contributed by atoms with Gasteiger partial charge in [-0.25, -0.2) is 0 Å². The molecule has 0 saturated carbocycles. The lowest BCUT2D eigenvalue weighted by Crippen LogP contribution is -2.57. The maximum Gasteiger partial charge on any atom is 0.254 e. The smallest absolute Gasteiger partial charge is 0.254 e. The number of anilines is 1. The Morgan fingerprint density at radius 2 is 1.50 bits per heavy atom. The summed E-state index contributed by atoms with van der Waals surface area (Å²) < 4.78 is 5.82. The highest BCUT2D eigenvalue weighted by Gasteiger charge is 2.35. The van der Waals surface area contributed by atoms with Crippen LogP contribution in [0.3, 0.4) is 0 Å². The third-order valence-electron chi connectivity index (χ3n) is 5.34. The summed E-state index contributed by atoms with van der Waals surface area (Å²) in [6.45, 7) is 4.71. The Morgan fingerprint density at radius 1 is 0.867 bits per heavy atom. The average Bonchev–Trinajstić information content (AvgIpc) is 2.77. The van der Waals surface area contributed by atoms with Gasteiger partial charge >= 0.3 is 0 Å². The van der Waals surface area contributed by atoms with Crippen molar-refractivity contribution in [2.45, 2.75) is 19.9 Å². The molecule has 1 aliphatic rings. The number of aryl methyl sites for hydroxylation is 1. The third kappa shape index (κ3) is 4.06. The van der Waals surface area contributed by atoms with Gasteiger partial charge in [-0.2, -0.15) is 0 Å². The Hall–Kier alpha value is -3.60. The van der Waals surface area contributed by atoms with Gasteiger partial charge in [0.2, 0.25) is 5.91 Å². The van der Waals surface area contributed by atoms with Crippen molar-refractivity contribution in [3.8, 4) is 11.5 Å². The molecule has 5 nitrogen and oxygen atoms in total. The highest BCUT2D eigenvalue weighted by atomic mass is 16.5. The van der Waals surface area contributed by atoms with E-state index in [1.165, 1.54) is 0 Å². The standard InChI is InChI=1S/C25H24N2O3/c1-18-8-10-20(11-9-18)25(29)26-16-17-27(24(28)19(26)2)21-12-14-23(15-13-21)30-22-6-4-3-5-7-22/h3-15,19H,16-17H2,1-2H3. The van der Waals surface area contributed by atoms with Crippen molar-refractivity contribution in [1.29, 1.82) is 0 Å². The summed E-state index contributed by atoms with van der Waals surface area (Å²) in [6.07, 6.45) is 0. The van der Waals surface area contributed by atoms with Gasteiger partial charge in [-0.3, -0.25) is 9.59 Å². The highest BCUT2D eigenvalue weighted by Crippen LogP contribution is 2.26. The molecule has 1 aliphatic heterocycles. The molecule has 152 valence electrons. The number of rotatable bonds is 4. The number of carbonyl (C=O) groups excluding carboxylic acids is 2. The van der Waals surface area contributed by atoms with Gasteiger partial charge in [0.25, 0.3) is 5.91 Å². The maximum absolute atomic E-state index is 13.0. The Kier molecular flexibility index (Phi) is 5.53. The molecule has 1 unspecified atom stereocenters. The predicted molar refractivity (Wildman–Crippen MR) is 117 cm³/mol. The van der Waals surface area contributed by atoms with E-state index in [0.29, 0.717) is 24.4 Å². The van der Waals surface area contributed by atoms with Crippen LogP contribution >= 0.6 is 0 Å². The average molecular weight is 400 g/mol. The predicted octanol–water partition coefficient (Wildman–Crippen LogP) is 4.66. The van der Waals surface area contributed by atoms with E-state index < -0.39 is 6.04 Å². The molecular formula is C25H24N2O3. The lowest BCUT2D eigenvalue weighted by atomic mass is 10.1. The molecule has 3 aromatic carbocycles. The van der Waals surface area contributed by atoms with Crippen molar-refractivity contribution in [2.24, 2.45) is 0 Å². The van der Waals surface area contributed by atoms with Gasteiger partial charge in [-0.15, -0.1) is 0 Å². The summed E-state index contributed by atoms with van der Waals surface area (Å²) >= 11 is 0. The summed E-state index contributed by atoms with van der Waals surface area (Å²) in [4.78, 5) is 29.3. The molecule has 4 rings (SSSR count). The topological polar surface area (TPSA) is 49.9 Å². The fourth-order valence-corrected chi connectivity index (χ4v) is 3.58. The molecule has 1 fully saturated rings. The van der Waals surface area contributed by atoms with E-state index in [2.05, 4.69) is 0 Å². The largest absolute Gasteiger partial charge is 0.457 e. The third-order valence-corrected chi connectivity index (χ3v) is 5.34. The molecule has 1 atom stereocenters. The zero-order valence-electron chi connectivity index (χ0n) is 17.1. The number of hydrogen-bond acceptors (Lipinski definition) is 3. The van der Waals surface area contributed by atoms with E-state index in [1.807, 2.05) is 85.8 Å². The minimum atomic E-state index is -0.521. The molecule has 0 N–H and O–H groups in total. The van der Waals surface area contributed by atoms with Gasteiger partial charge in [0, 0.05) is 24.3 Å². The highest BCUT2D eigenvalue weighted by molar-refractivity contribution is 6.03. The van der Waals surface area contributed by atoms with E-state index in [-0.39, 0.29) is 11.8 Å². The first-order valence-corrected chi connectivity index (χ1v) is 10.0. The first-order chi connectivity index (χ1) is 14.5. The van der Waals surface area contributed by atoms with Crippen LogP contribution in [0, 0.1) is 6.92 Å². The second-order valence-corrected chi connectivity index (χ2v) is 7.44. The number of benzene rings is 3. The number of hydrogen-bond donors (Lipinski definition) is 0. The van der Waals surface area contributed by atoms with Crippen molar-refractivity contribution in [1.82, 2.24) is 4.90 Å². The van der Waals surface area contributed by atoms with E-state index in [4.69, 9.17) is 4.74 Å². The van der Waals surface area contributed by atoms with E-state index >= 15 is 0 Å². The lowest BCUT2D eigenvalue weighted by Gasteiger charge is -2.39. The Labute approximate surface area is 176 Å². The Morgan fingerprint density at radius 3 is 2.17 bits per heavy atom. The zero-order chi connectivity index (χ0) is 21.1. The van der Waals surface area contributed by atoms with Crippen molar-refractivity contribution >= 4 is 17.5 Å².